The fraction of sp³-hybridized carbons (Fsp3) is 0.889. The number of amides is 1. The van der Waals surface area contributed by atoms with Crippen LogP contribution in [0.1, 0.15) is 6.42 Å². The van der Waals surface area contributed by atoms with Crippen molar-refractivity contribution >= 4 is 5.91 Å². The molecule has 5 nitrogen and oxygen atoms in total. The normalized spacial score (nSPS) is 23.4. The van der Waals surface area contributed by atoms with E-state index < -0.39 is 0 Å². The molecule has 1 aliphatic heterocycles. The van der Waals surface area contributed by atoms with Crippen LogP contribution in [0.3, 0.4) is 0 Å². The summed E-state index contributed by atoms with van der Waals surface area (Å²) >= 11 is 0. The van der Waals surface area contributed by atoms with Gasteiger partial charge in [-0.25, -0.2) is 0 Å². The molecule has 1 unspecified atom stereocenters. The molecule has 0 saturated carbocycles. The van der Waals surface area contributed by atoms with Gasteiger partial charge in [0.1, 0.15) is 0 Å². The Bertz CT molecular complexity index is 187. The molecule has 0 radical (unpaired) electrons. The Kier molecular flexibility index (Phi) is 4.86. The van der Waals surface area contributed by atoms with Crippen molar-refractivity contribution in [3.05, 3.63) is 0 Å². The SMILES string of the molecule is CN1CCNC(CC(=O)NCCO)C1. The van der Waals surface area contributed by atoms with Crippen molar-refractivity contribution in [2.75, 3.05) is 39.8 Å². The van der Waals surface area contributed by atoms with Crippen molar-refractivity contribution in [3.63, 3.8) is 0 Å². The van der Waals surface area contributed by atoms with Gasteiger partial charge in [-0.3, -0.25) is 4.79 Å². The van der Waals surface area contributed by atoms with Crippen LogP contribution in [0, 0.1) is 0 Å². The van der Waals surface area contributed by atoms with E-state index in [0.29, 0.717) is 13.0 Å². The Labute approximate surface area is 84.5 Å². The van der Waals surface area contributed by atoms with Crippen LogP contribution in [-0.4, -0.2) is 61.8 Å². The second-order valence-corrected chi connectivity index (χ2v) is 3.69. The number of likely N-dealkylation sites (N-methyl/N-ethyl adjacent to an activating group) is 1. The van der Waals surface area contributed by atoms with E-state index in [9.17, 15) is 4.79 Å². The van der Waals surface area contributed by atoms with E-state index in [4.69, 9.17) is 5.11 Å². The molecule has 0 bridgehead atoms. The second kappa shape index (κ2) is 5.95. The lowest BCUT2D eigenvalue weighted by molar-refractivity contribution is -0.121. The van der Waals surface area contributed by atoms with E-state index in [1.54, 1.807) is 0 Å². The minimum absolute atomic E-state index is 0.00371. The lowest BCUT2D eigenvalue weighted by Gasteiger charge is -2.30. The minimum Gasteiger partial charge on any atom is -0.395 e. The minimum atomic E-state index is 0.00371. The predicted octanol–water partition coefficient (Wildman–Crippen LogP) is -1.61. The highest BCUT2D eigenvalue weighted by molar-refractivity contribution is 5.76. The van der Waals surface area contributed by atoms with Crippen LogP contribution in [0.5, 0.6) is 0 Å². The van der Waals surface area contributed by atoms with E-state index >= 15 is 0 Å². The number of nitrogens with one attached hydrogen (secondary N) is 2. The third kappa shape index (κ3) is 4.04. The van der Waals surface area contributed by atoms with Gasteiger partial charge in [-0.1, -0.05) is 0 Å². The van der Waals surface area contributed by atoms with Gasteiger partial charge in [0.2, 0.25) is 5.91 Å². The average molecular weight is 201 g/mol. The number of carbonyl (C=O) groups is 1. The van der Waals surface area contributed by atoms with E-state index in [-0.39, 0.29) is 18.6 Å². The van der Waals surface area contributed by atoms with Gasteiger partial charge in [0.05, 0.1) is 6.61 Å². The van der Waals surface area contributed by atoms with E-state index in [1.807, 2.05) is 0 Å². The molecule has 1 fully saturated rings. The lowest BCUT2D eigenvalue weighted by Crippen LogP contribution is -2.50. The van der Waals surface area contributed by atoms with Crippen molar-refractivity contribution in [1.29, 1.82) is 0 Å². The molecule has 14 heavy (non-hydrogen) atoms. The molecule has 1 aliphatic rings. The topological polar surface area (TPSA) is 64.6 Å². The Balaban J connectivity index is 2.18. The van der Waals surface area contributed by atoms with Crippen molar-refractivity contribution in [3.8, 4) is 0 Å². The molecule has 0 aromatic heterocycles. The van der Waals surface area contributed by atoms with Gasteiger partial charge in [-0.15, -0.1) is 0 Å². The van der Waals surface area contributed by atoms with Gasteiger partial charge in [0, 0.05) is 38.6 Å². The summed E-state index contributed by atoms with van der Waals surface area (Å²) in [5, 5.41) is 14.5. The zero-order valence-corrected chi connectivity index (χ0v) is 8.62. The summed E-state index contributed by atoms with van der Waals surface area (Å²) in [5.74, 6) is 0.00634. The second-order valence-electron chi connectivity index (χ2n) is 3.69. The molecule has 1 amide bonds. The van der Waals surface area contributed by atoms with Gasteiger partial charge in [-0.05, 0) is 7.05 Å². The maximum absolute atomic E-state index is 11.3. The molecule has 1 atom stereocenters. The van der Waals surface area contributed by atoms with E-state index in [1.165, 1.54) is 0 Å². The Hall–Kier alpha value is -0.650. The van der Waals surface area contributed by atoms with Crippen LogP contribution >= 0.6 is 0 Å². The zero-order chi connectivity index (χ0) is 10.4. The van der Waals surface area contributed by atoms with Crippen LogP contribution in [0.15, 0.2) is 0 Å². The van der Waals surface area contributed by atoms with Gasteiger partial charge in [0.25, 0.3) is 0 Å². The predicted molar refractivity (Wildman–Crippen MR) is 54.0 cm³/mol. The first-order chi connectivity index (χ1) is 6.72. The molecule has 0 aliphatic carbocycles. The van der Waals surface area contributed by atoms with Crippen LogP contribution < -0.4 is 10.6 Å². The molecule has 0 spiro atoms. The number of piperazine rings is 1. The highest BCUT2D eigenvalue weighted by atomic mass is 16.3. The fourth-order valence-corrected chi connectivity index (χ4v) is 1.62. The molecule has 0 aromatic rings. The van der Waals surface area contributed by atoms with Crippen LogP contribution in [0.4, 0.5) is 0 Å². The number of carbonyl (C=O) groups excluding carboxylic acids is 1. The van der Waals surface area contributed by atoms with E-state index in [2.05, 4.69) is 22.6 Å². The number of nitrogens with zero attached hydrogens (tertiary/aromatic N) is 1. The zero-order valence-electron chi connectivity index (χ0n) is 8.62. The smallest absolute Gasteiger partial charge is 0.221 e. The number of rotatable bonds is 4. The number of aliphatic hydroxyl groups is 1. The molecule has 1 saturated heterocycles. The first-order valence-corrected chi connectivity index (χ1v) is 5.02. The monoisotopic (exact) mass is 201 g/mol. The quantitative estimate of drug-likeness (QED) is 0.512. The first-order valence-electron chi connectivity index (χ1n) is 5.02. The summed E-state index contributed by atoms with van der Waals surface area (Å²) < 4.78 is 0. The summed E-state index contributed by atoms with van der Waals surface area (Å²) in [7, 11) is 2.06. The summed E-state index contributed by atoms with van der Waals surface area (Å²) in [6.07, 6.45) is 0.490. The molecule has 1 heterocycles. The Morgan fingerprint density at radius 3 is 3.14 bits per heavy atom. The van der Waals surface area contributed by atoms with Crippen LogP contribution in [0.25, 0.3) is 0 Å². The highest BCUT2D eigenvalue weighted by Crippen LogP contribution is 1.99. The third-order valence-corrected chi connectivity index (χ3v) is 2.32. The number of aliphatic hydroxyl groups excluding tert-OH is 1. The van der Waals surface area contributed by atoms with Gasteiger partial charge in [-0.2, -0.15) is 0 Å². The van der Waals surface area contributed by atoms with Crippen molar-refractivity contribution in [2.24, 2.45) is 0 Å². The van der Waals surface area contributed by atoms with Crippen LogP contribution in [0.2, 0.25) is 0 Å². The first kappa shape index (κ1) is 11.4. The summed E-state index contributed by atoms with van der Waals surface area (Å²) in [6, 6.07) is 0.243. The molecule has 5 heteroatoms. The van der Waals surface area contributed by atoms with Crippen molar-refractivity contribution in [2.45, 2.75) is 12.5 Å². The summed E-state index contributed by atoms with van der Waals surface area (Å²) in [4.78, 5) is 13.5. The molecule has 82 valence electrons. The molecule has 1 rings (SSSR count). The molecular formula is C9H19N3O2. The Morgan fingerprint density at radius 1 is 1.71 bits per heavy atom. The van der Waals surface area contributed by atoms with Gasteiger partial charge in [0.15, 0.2) is 0 Å². The molecule has 0 aromatic carbocycles. The van der Waals surface area contributed by atoms with Crippen molar-refractivity contribution in [1.82, 2.24) is 15.5 Å². The highest BCUT2D eigenvalue weighted by Gasteiger charge is 2.18. The van der Waals surface area contributed by atoms with Gasteiger partial charge < -0.3 is 20.6 Å². The average Bonchev–Trinajstić information content (AvgIpc) is 2.15. The summed E-state index contributed by atoms with van der Waals surface area (Å²) in [6.45, 7) is 3.24. The number of hydrogen-bond acceptors (Lipinski definition) is 4. The third-order valence-electron chi connectivity index (χ3n) is 2.32. The number of hydrogen-bond donors (Lipinski definition) is 3. The summed E-state index contributed by atoms with van der Waals surface area (Å²) in [5.41, 5.74) is 0. The largest absolute Gasteiger partial charge is 0.395 e. The maximum Gasteiger partial charge on any atom is 0.221 e. The standard InChI is InChI=1S/C9H19N3O2/c1-12-4-2-10-8(7-12)6-9(14)11-3-5-13/h8,10,13H,2-7H2,1H3,(H,11,14). The maximum atomic E-state index is 11.3. The molecular weight excluding hydrogens is 182 g/mol. The van der Waals surface area contributed by atoms with E-state index in [0.717, 1.165) is 19.6 Å². The lowest BCUT2D eigenvalue weighted by atomic mass is 10.1. The van der Waals surface area contributed by atoms with Crippen LogP contribution in [-0.2, 0) is 4.79 Å². The molecule has 3 N–H and O–H groups in total. The van der Waals surface area contributed by atoms with Gasteiger partial charge >= 0.3 is 0 Å². The fourth-order valence-electron chi connectivity index (χ4n) is 1.62. The Morgan fingerprint density at radius 2 is 2.50 bits per heavy atom. The van der Waals surface area contributed by atoms with Crippen molar-refractivity contribution < 1.29 is 9.90 Å².